The highest BCUT2D eigenvalue weighted by Gasteiger charge is 2.13. The Morgan fingerprint density at radius 2 is 1.84 bits per heavy atom. The van der Waals surface area contributed by atoms with Gasteiger partial charge in [-0.25, -0.2) is 14.6 Å². The van der Waals surface area contributed by atoms with E-state index >= 15 is 0 Å². The molecule has 0 atom stereocenters. The molecule has 3 aromatic rings. The predicted molar refractivity (Wildman–Crippen MR) is 120 cm³/mol. The Hall–Kier alpha value is -4.20. The van der Waals surface area contributed by atoms with E-state index in [0.717, 1.165) is 17.3 Å². The Balaban J connectivity index is 1.57. The molecule has 0 fully saturated rings. The van der Waals surface area contributed by atoms with Gasteiger partial charge in [0.2, 0.25) is 0 Å². The van der Waals surface area contributed by atoms with Crippen molar-refractivity contribution in [1.82, 2.24) is 5.43 Å². The van der Waals surface area contributed by atoms with E-state index in [1.54, 1.807) is 12.1 Å². The molecule has 3 aromatic carbocycles. The summed E-state index contributed by atoms with van der Waals surface area (Å²) in [4.78, 5) is 24.2. The van der Waals surface area contributed by atoms with E-state index in [1.165, 1.54) is 37.6 Å². The van der Waals surface area contributed by atoms with Crippen LogP contribution in [-0.2, 0) is 4.79 Å². The summed E-state index contributed by atoms with van der Waals surface area (Å²) >= 11 is 0. The van der Waals surface area contributed by atoms with Crippen LogP contribution >= 0.6 is 0 Å². The number of hydrazone groups is 1. The molecule has 0 saturated heterocycles. The van der Waals surface area contributed by atoms with Crippen LogP contribution in [-0.4, -0.2) is 31.7 Å². The first-order chi connectivity index (χ1) is 15.4. The third-order valence-corrected chi connectivity index (χ3v) is 4.32. The minimum absolute atomic E-state index is 0.0685. The predicted octanol–water partition coefficient (Wildman–Crippen LogP) is 3.92. The molecular formula is C24H22FN3O4. The van der Waals surface area contributed by atoms with E-state index in [0.29, 0.717) is 5.56 Å². The molecule has 0 aliphatic carbocycles. The number of carbonyl (C=O) groups excluding carboxylic acids is 2. The number of nitrogens with one attached hydrogen (secondary N) is 2. The molecule has 164 valence electrons. The highest BCUT2D eigenvalue weighted by molar-refractivity contribution is 5.91. The van der Waals surface area contributed by atoms with E-state index in [2.05, 4.69) is 15.8 Å². The molecule has 0 spiro atoms. The van der Waals surface area contributed by atoms with Crippen molar-refractivity contribution in [2.24, 2.45) is 5.10 Å². The number of methoxy groups -OCH3 is 1. The molecule has 32 heavy (non-hydrogen) atoms. The molecule has 1 amide bonds. The number of esters is 1. The number of ether oxygens (including phenoxy) is 2. The summed E-state index contributed by atoms with van der Waals surface area (Å²) in [7, 11) is 1.43. The van der Waals surface area contributed by atoms with Gasteiger partial charge in [0.1, 0.15) is 5.82 Å². The van der Waals surface area contributed by atoms with Gasteiger partial charge < -0.3 is 14.8 Å². The summed E-state index contributed by atoms with van der Waals surface area (Å²) in [6.07, 6.45) is 1.44. The second kappa shape index (κ2) is 10.7. The van der Waals surface area contributed by atoms with Crippen LogP contribution in [0.1, 0.15) is 21.5 Å². The Labute approximate surface area is 184 Å². The summed E-state index contributed by atoms with van der Waals surface area (Å²) in [6.45, 7) is 2.04. The van der Waals surface area contributed by atoms with Crippen LogP contribution in [0.15, 0.2) is 71.8 Å². The molecule has 0 aliphatic rings. The topological polar surface area (TPSA) is 89.0 Å². The fourth-order valence-electron chi connectivity index (χ4n) is 2.78. The summed E-state index contributed by atoms with van der Waals surface area (Å²) in [5.41, 5.74) is 5.06. The van der Waals surface area contributed by atoms with E-state index in [4.69, 9.17) is 9.47 Å². The van der Waals surface area contributed by atoms with Gasteiger partial charge in [-0.05, 0) is 66.6 Å². The molecule has 7 nitrogen and oxygen atoms in total. The van der Waals surface area contributed by atoms with Crippen molar-refractivity contribution in [3.05, 3.63) is 89.2 Å². The average Bonchev–Trinajstić information content (AvgIpc) is 2.78. The zero-order valence-corrected chi connectivity index (χ0v) is 17.6. The van der Waals surface area contributed by atoms with Crippen LogP contribution < -0.4 is 20.2 Å². The van der Waals surface area contributed by atoms with Gasteiger partial charge in [-0.2, -0.15) is 5.10 Å². The van der Waals surface area contributed by atoms with Gasteiger partial charge in [-0.3, -0.25) is 4.79 Å². The smallest absolute Gasteiger partial charge is 0.343 e. The van der Waals surface area contributed by atoms with Crippen LogP contribution in [0.4, 0.5) is 10.1 Å². The molecule has 0 bridgehead atoms. The monoisotopic (exact) mass is 435 g/mol. The molecule has 3 rings (SSSR count). The average molecular weight is 435 g/mol. The molecule has 0 aliphatic heterocycles. The SMILES string of the molecule is COc1cc(/C=N/NC(=O)CNc2cccc(C)c2)ccc1OC(=O)c1cccc(F)c1. The Bertz CT molecular complexity index is 1150. The lowest BCUT2D eigenvalue weighted by atomic mass is 10.2. The lowest BCUT2D eigenvalue weighted by Crippen LogP contribution is -2.25. The number of nitrogens with zero attached hydrogens (tertiary/aromatic N) is 1. The number of carbonyl (C=O) groups is 2. The summed E-state index contributed by atoms with van der Waals surface area (Å²) in [5, 5.41) is 6.94. The molecule has 0 radical (unpaired) electrons. The first kappa shape index (κ1) is 22.5. The highest BCUT2D eigenvalue weighted by atomic mass is 19.1. The fraction of sp³-hybridized carbons (Fsp3) is 0.125. The number of halogens is 1. The molecule has 0 aromatic heterocycles. The third-order valence-electron chi connectivity index (χ3n) is 4.32. The fourth-order valence-corrected chi connectivity index (χ4v) is 2.78. The van der Waals surface area contributed by atoms with Gasteiger partial charge in [0, 0.05) is 5.69 Å². The minimum atomic E-state index is -0.711. The van der Waals surface area contributed by atoms with E-state index < -0.39 is 11.8 Å². The maximum atomic E-state index is 13.3. The third kappa shape index (κ3) is 6.40. The molecule has 2 N–H and O–H groups in total. The van der Waals surface area contributed by atoms with Gasteiger partial charge in [-0.1, -0.05) is 18.2 Å². The second-order valence-corrected chi connectivity index (χ2v) is 6.83. The Kier molecular flexibility index (Phi) is 7.53. The Morgan fingerprint density at radius 3 is 2.59 bits per heavy atom. The van der Waals surface area contributed by atoms with Gasteiger partial charge in [-0.15, -0.1) is 0 Å². The normalized spacial score (nSPS) is 10.6. The van der Waals surface area contributed by atoms with Crippen molar-refractivity contribution in [1.29, 1.82) is 0 Å². The van der Waals surface area contributed by atoms with Crippen molar-refractivity contribution < 1.29 is 23.5 Å². The van der Waals surface area contributed by atoms with Crippen molar-refractivity contribution in [3.8, 4) is 11.5 Å². The number of benzene rings is 3. The van der Waals surface area contributed by atoms with Crippen LogP contribution in [0.2, 0.25) is 0 Å². The number of aryl methyl sites for hydroxylation is 1. The van der Waals surface area contributed by atoms with Gasteiger partial charge in [0.05, 0.1) is 25.4 Å². The van der Waals surface area contributed by atoms with E-state index in [1.807, 2.05) is 31.2 Å². The number of hydrogen-bond acceptors (Lipinski definition) is 6. The molecular weight excluding hydrogens is 413 g/mol. The van der Waals surface area contributed by atoms with Crippen LogP contribution in [0.5, 0.6) is 11.5 Å². The quantitative estimate of drug-likeness (QED) is 0.242. The maximum Gasteiger partial charge on any atom is 0.343 e. The summed E-state index contributed by atoms with van der Waals surface area (Å²) < 4.78 is 23.9. The largest absolute Gasteiger partial charge is 0.493 e. The van der Waals surface area contributed by atoms with E-state index in [9.17, 15) is 14.0 Å². The number of rotatable bonds is 8. The number of anilines is 1. The molecule has 8 heteroatoms. The van der Waals surface area contributed by atoms with Crippen molar-refractivity contribution in [3.63, 3.8) is 0 Å². The maximum absolute atomic E-state index is 13.3. The van der Waals surface area contributed by atoms with Gasteiger partial charge in [0.15, 0.2) is 11.5 Å². The van der Waals surface area contributed by atoms with Gasteiger partial charge in [0.25, 0.3) is 5.91 Å². The highest BCUT2D eigenvalue weighted by Crippen LogP contribution is 2.28. The Morgan fingerprint density at radius 1 is 1.03 bits per heavy atom. The lowest BCUT2D eigenvalue weighted by molar-refractivity contribution is -0.119. The van der Waals surface area contributed by atoms with Crippen molar-refractivity contribution >= 4 is 23.8 Å². The molecule has 0 heterocycles. The zero-order valence-electron chi connectivity index (χ0n) is 17.6. The first-order valence-electron chi connectivity index (χ1n) is 9.73. The standard InChI is InChI=1S/C24H22FN3O4/c1-16-5-3-8-20(11-16)26-15-23(29)28-27-14-17-9-10-21(22(12-17)31-2)32-24(30)18-6-4-7-19(25)13-18/h3-14,26H,15H2,1-2H3,(H,28,29)/b27-14+. The first-order valence-corrected chi connectivity index (χ1v) is 9.73. The zero-order chi connectivity index (χ0) is 22.9. The van der Waals surface area contributed by atoms with Crippen LogP contribution in [0.3, 0.4) is 0 Å². The number of amides is 1. The number of hydrogen-bond donors (Lipinski definition) is 2. The molecule has 0 saturated carbocycles. The van der Waals surface area contributed by atoms with Gasteiger partial charge >= 0.3 is 5.97 Å². The van der Waals surface area contributed by atoms with E-state index in [-0.39, 0.29) is 29.5 Å². The van der Waals surface area contributed by atoms with Crippen molar-refractivity contribution in [2.45, 2.75) is 6.92 Å². The second-order valence-electron chi connectivity index (χ2n) is 6.83. The van der Waals surface area contributed by atoms with Crippen LogP contribution in [0, 0.1) is 12.7 Å². The van der Waals surface area contributed by atoms with Crippen molar-refractivity contribution in [2.75, 3.05) is 19.0 Å². The lowest BCUT2D eigenvalue weighted by Gasteiger charge is -2.10. The summed E-state index contributed by atoms with van der Waals surface area (Å²) in [5.74, 6) is -1.10. The minimum Gasteiger partial charge on any atom is -0.493 e. The molecule has 0 unspecified atom stereocenters. The summed E-state index contributed by atoms with van der Waals surface area (Å²) in [6, 6.07) is 17.6. The van der Waals surface area contributed by atoms with Crippen LogP contribution in [0.25, 0.3) is 0 Å².